The average molecular weight is 472 g/mol. The number of hydrogen-bond donors (Lipinski definition) is 1. The van der Waals surface area contributed by atoms with Crippen molar-refractivity contribution in [3.63, 3.8) is 0 Å². The lowest BCUT2D eigenvalue weighted by atomic mass is 10.1. The Morgan fingerprint density at radius 1 is 1.09 bits per heavy atom. The van der Waals surface area contributed by atoms with Gasteiger partial charge < -0.3 is 5.32 Å². The van der Waals surface area contributed by atoms with Gasteiger partial charge in [-0.15, -0.1) is 11.3 Å². The number of thioether (sulfide) groups is 1. The Hall–Kier alpha value is -3.04. The second-order valence-electron chi connectivity index (χ2n) is 7.41. The molecule has 0 atom stereocenters. The zero-order valence-electron chi connectivity index (χ0n) is 17.5. The molecule has 0 spiro atoms. The maximum Gasteiger partial charge on any atom is 0.276 e. The molecular formula is C23H19F2N3O2S2. The molecule has 164 valence electrons. The van der Waals surface area contributed by atoms with E-state index >= 15 is 0 Å². The van der Waals surface area contributed by atoms with Crippen molar-refractivity contribution in [1.29, 1.82) is 0 Å². The van der Waals surface area contributed by atoms with Crippen LogP contribution in [0.5, 0.6) is 0 Å². The number of benzene rings is 2. The van der Waals surface area contributed by atoms with Crippen LogP contribution in [0, 0.1) is 32.4 Å². The minimum atomic E-state index is -0.808. The highest BCUT2D eigenvalue weighted by Gasteiger charge is 2.17. The van der Waals surface area contributed by atoms with E-state index in [0.29, 0.717) is 10.2 Å². The van der Waals surface area contributed by atoms with Crippen LogP contribution >= 0.6 is 23.1 Å². The lowest BCUT2D eigenvalue weighted by Gasteiger charge is -2.14. The zero-order chi connectivity index (χ0) is 23.0. The summed E-state index contributed by atoms with van der Waals surface area (Å²) in [5, 5.41) is 4.81. The molecule has 0 aliphatic carbocycles. The predicted octanol–water partition coefficient (Wildman–Crippen LogP) is 5.38. The lowest BCUT2D eigenvalue weighted by molar-refractivity contribution is -0.113. The largest absolute Gasteiger partial charge is 0.325 e. The van der Waals surface area contributed by atoms with Crippen LogP contribution in [0.25, 0.3) is 15.9 Å². The highest BCUT2D eigenvalue weighted by molar-refractivity contribution is 7.99. The first-order chi connectivity index (χ1) is 15.2. The van der Waals surface area contributed by atoms with E-state index in [9.17, 15) is 18.4 Å². The molecular weight excluding hydrogens is 452 g/mol. The van der Waals surface area contributed by atoms with E-state index in [1.807, 2.05) is 32.9 Å². The molecule has 0 fully saturated rings. The van der Waals surface area contributed by atoms with E-state index in [1.165, 1.54) is 11.3 Å². The van der Waals surface area contributed by atoms with E-state index in [4.69, 9.17) is 0 Å². The van der Waals surface area contributed by atoms with Crippen LogP contribution in [-0.4, -0.2) is 21.2 Å². The molecule has 2 aromatic carbocycles. The lowest BCUT2D eigenvalue weighted by Crippen LogP contribution is -2.22. The van der Waals surface area contributed by atoms with E-state index < -0.39 is 17.2 Å². The number of hydrogen-bond acceptors (Lipinski definition) is 5. The molecule has 2 aromatic heterocycles. The Morgan fingerprint density at radius 3 is 2.41 bits per heavy atom. The topological polar surface area (TPSA) is 64.0 Å². The van der Waals surface area contributed by atoms with Gasteiger partial charge in [0.1, 0.15) is 16.3 Å². The van der Waals surface area contributed by atoms with Gasteiger partial charge in [0.2, 0.25) is 5.91 Å². The number of amides is 1. The number of carbonyl (C=O) groups is 1. The summed E-state index contributed by atoms with van der Waals surface area (Å²) in [7, 11) is 0. The van der Waals surface area contributed by atoms with Crippen LogP contribution in [0.1, 0.15) is 16.7 Å². The number of aromatic nitrogens is 2. The molecule has 0 aliphatic rings. The molecule has 0 saturated heterocycles. The quantitative estimate of drug-likeness (QED) is 0.314. The Kier molecular flexibility index (Phi) is 6.12. The third-order valence-corrected chi connectivity index (χ3v) is 6.66. The number of anilines is 1. The summed E-state index contributed by atoms with van der Waals surface area (Å²) in [6, 6.07) is 8.53. The fraction of sp³-hybridized carbons (Fsp3) is 0.174. The van der Waals surface area contributed by atoms with E-state index in [0.717, 1.165) is 56.9 Å². The molecule has 0 radical (unpaired) electrons. The van der Waals surface area contributed by atoms with Crippen molar-refractivity contribution in [1.82, 2.24) is 9.55 Å². The molecule has 1 amide bonds. The first kappa shape index (κ1) is 22.2. The number of thiophene rings is 1. The summed E-state index contributed by atoms with van der Waals surface area (Å²) in [6.07, 6.45) is 0. The van der Waals surface area contributed by atoms with Gasteiger partial charge in [0.25, 0.3) is 5.56 Å². The molecule has 4 rings (SSSR count). The molecule has 32 heavy (non-hydrogen) atoms. The monoisotopic (exact) mass is 471 g/mol. The van der Waals surface area contributed by atoms with Gasteiger partial charge in [0.05, 0.1) is 17.0 Å². The zero-order valence-corrected chi connectivity index (χ0v) is 19.2. The van der Waals surface area contributed by atoms with E-state index in [2.05, 4.69) is 10.3 Å². The van der Waals surface area contributed by atoms with Crippen LogP contribution in [-0.2, 0) is 4.79 Å². The summed E-state index contributed by atoms with van der Waals surface area (Å²) in [6.45, 7) is 5.83. The standard InChI is InChI=1S/C23H19F2N3O2S2/c1-12-6-13(2)20(14(3)7-12)27-19(29)11-32-23-26-18-4-5-31-21(18)22(30)28(23)17-9-15(24)8-16(25)10-17/h4-10H,11H2,1-3H3,(H,27,29). The Morgan fingerprint density at radius 2 is 1.75 bits per heavy atom. The van der Waals surface area contributed by atoms with Gasteiger partial charge in [0, 0.05) is 11.8 Å². The maximum atomic E-state index is 13.8. The third kappa shape index (κ3) is 4.44. The molecule has 9 heteroatoms. The number of carbonyl (C=O) groups excluding carboxylic acids is 1. The van der Waals surface area contributed by atoms with Gasteiger partial charge in [0.15, 0.2) is 5.16 Å². The van der Waals surface area contributed by atoms with Crippen molar-refractivity contribution in [2.45, 2.75) is 25.9 Å². The number of nitrogens with zero attached hydrogens (tertiary/aromatic N) is 2. The summed E-state index contributed by atoms with van der Waals surface area (Å²) >= 11 is 2.23. The smallest absolute Gasteiger partial charge is 0.276 e. The van der Waals surface area contributed by atoms with Crippen molar-refractivity contribution >= 4 is 44.9 Å². The normalized spacial score (nSPS) is 11.2. The molecule has 5 nitrogen and oxygen atoms in total. The molecule has 0 saturated carbocycles. The van der Waals surface area contributed by atoms with Crippen molar-refractivity contribution < 1.29 is 13.6 Å². The summed E-state index contributed by atoms with van der Waals surface area (Å²) < 4.78 is 29.2. The average Bonchev–Trinajstić information content (AvgIpc) is 3.17. The van der Waals surface area contributed by atoms with Gasteiger partial charge >= 0.3 is 0 Å². The maximum absolute atomic E-state index is 13.8. The van der Waals surface area contributed by atoms with E-state index in [-0.39, 0.29) is 22.5 Å². The molecule has 2 heterocycles. The Labute approximate surface area is 191 Å². The third-order valence-electron chi connectivity index (χ3n) is 4.83. The number of rotatable bonds is 5. The Bertz CT molecular complexity index is 1370. The molecule has 0 bridgehead atoms. The molecule has 0 unspecified atom stereocenters. The highest BCUT2D eigenvalue weighted by atomic mass is 32.2. The number of fused-ring (bicyclic) bond motifs is 1. The van der Waals surface area contributed by atoms with Gasteiger partial charge in [-0.2, -0.15) is 0 Å². The first-order valence-electron chi connectivity index (χ1n) is 9.70. The van der Waals surface area contributed by atoms with Gasteiger partial charge in [-0.05, 0) is 55.5 Å². The van der Waals surface area contributed by atoms with Crippen molar-refractivity contribution in [2.24, 2.45) is 0 Å². The van der Waals surface area contributed by atoms with Crippen LogP contribution < -0.4 is 10.9 Å². The van der Waals surface area contributed by atoms with Gasteiger partial charge in [-0.1, -0.05) is 29.5 Å². The summed E-state index contributed by atoms with van der Waals surface area (Å²) in [5.74, 6) is -1.93. The van der Waals surface area contributed by atoms with Gasteiger partial charge in [-0.25, -0.2) is 13.8 Å². The number of halogens is 2. The number of aryl methyl sites for hydroxylation is 3. The van der Waals surface area contributed by atoms with Crippen molar-refractivity contribution in [3.05, 3.63) is 80.5 Å². The second kappa shape index (κ2) is 8.84. The van der Waals surface area contributed by atoms with Crippen LogP contribution in [0.2, 0.25) is 0 Å². The van der Waals surface area contributed by atoms with Crippen molar-refractivity contribution in [3.8, 4) is 5.69 Å². The minimum absolute atomic E-state index is 0.0171. The second-order valence-corrected chi connectivity index (χ2v) is 9.27. The van der Waals surface area contributed by atoms with Crippen molar-refractivity contribution in [2.75, 3.05) is 11.1 Å². The first-order valence-corrected chi connectivity index (χ1v) is 11.6. The molecule has 1 N–H and O–H groups in total. The van der Waals surface area contributed by atoms with Crippen LogP contribution in [0.4, 0.5) is 14.5 Å². The minimum Gasteiger partial charge on any atom is -0.325 e. The van der Waals surface area contributed by atoms with Gasteiger partial charge in [-0.3, -0.25) is 14.2 Å². The fourth-order valence-corrected chi connectivity index (χ4v) is 5.14. The highest BCUT2D eigenvalue weighted by Crippen LogP contribution is 2.26. The Balaban J connectivity index is 1.67. The van der Waals surface area contributed by atoms with Crippen LogP contribution in [0.3, 0.4) is 0 Å². The predicted molar refractivity (Wildman–Crippen MR) is 125 cm³/mol. The number of nitrogens with one attached hydrogen (secondary N) is 1. The van der Waals surface area contributed by atoms with E-state index in [1.54, 1.807) is 11.4 Å². The summed E-state index contributed by atoms with van der Waals surface area (Å²) in [4.78, 5) is 30.2. The SMILES string of the molecule is Cc1cc(C)c(NC(=O)CSc2nc3ccsc3c(=O)n2-c2cc(F)cc(F)c2)c(C)c1. The molecule has 4 aromatic rings. The molecule has 0 aliphatic heterocycles. The summed E-state index contributed by atoms with van der Waals surface area (Å²) in [5.41, 5.74) is 3.79. The fourth-order valence-electron chi connectivity index (χ4n) is 3.57. The van der Waals surface area contributed by atoms with Crippen LogP contribution in [0.15, 0.2) is 51.7 Å².